The average Bonchev–Trinajstić information content (AvgIpc) is 3.33. The fourth-order valence-corrected chi connectivity index (χ4v) is 4.45. The molecular formula is C22H22N2O3. The van der Waals surface area contributed by atoms with Crippen molar-refractivity contribution in [3.05, 3.63) is 57.7 Å². The van der Waals surface area contributed by atoms with Crippen molar-refractivity contribution in [3.63, 3.8) is 0 Å². The molecule has 5 heteroatoms. The van der Waals surface area contributed by atoms with E-state index in [1.54, 1.807) is 18.5 Å². The molecule has 5 nitrogen and oxygen atoms in total. The third-order valence-corrected chi connectivity index (χ3v) is 5.80. The SMILES string of the molecule is Cc1cn2c(cc1=O)-c1c(cc(-c3ncco3)c3c1CCO3)CC2C(C)C. The van der Waals surface area contributed by atoms with Crippen LogP contribution in [0.4, 0.5) is 0 Å². The van der Waals surface area contributed by atoms with Gasteiger partial charge >= 0.3 is 0 Å². The molecule has 0 N–H and O–H groups in total. The fourth-order valence-electron chi connectivity index (χ4n) is 4.45. The predicted octanol–water partition coefficient (Wildman–Crippen LogP) is 4.17. The van der Waals surface area contributed by atoms with Gasteiger partial charge in [-0.15, -0.1) is 0 Å². The van der Waals surface area contributed by atoms with Crippen LogP contribution in [0.2, 0.25) is 0 Å². The van der Waals surface area contributed by atoms with Crippen molar-refractivity contribution in [3.8, 4) is 28.5 Å². The van der Waals surface area contributed by atoms with Gasteiger partial charge in [-0.2, -0.15) is 0 Å². The summed E-state index contributed by atoms with van der Waals surface area (Å²) in [6.45, 7) is 7.00. The van der Waals surface area contributed by atoms with E-state index in [9.17, 15) is 4.79 Å². The van der Waals surface area contributed by atoms with Crippen LogP contribution in [0.1, 0.15) is 36.6 Å². The van der Waals surface area contributed by atoms with E-state index in [2.05, 4.69) is 29.5 Å². The van der Waals surface area contributed by atoms with Crippen molar-refractivity contribution in [2.45, 2.75) is 39.7 Å². The van der Waals surface area contributed by atoms with Gasteiger partial charge in [0.1, 0.15) is 12.0 Å². The van der Waals surface area contributed by atoms with E-state index in [0.717, 1.165) is 41.0 Å². The first kappa shape index (κ1) is 16.4. The highest BCUT2D eigenvalue weighted by Gasteiger charge is 2.33. The molecule has 1 atom stereocenters. The van der Waals surface area contributed by atoms with Gasteiger partial charge in [0.2, 0.25) is 5.89 Å². The highest BCUT2D eigenvalue weighted by Crippen LogP contribution is 2.48. The maximum absolute atomic E-state index is 12.5. The Morgan fingerprint density at radius 1 is 1.30 bits per heavy atom. The number of benzene rings is 1. The van der Waals surface area contributed by atoms with Crippen LogP contribution in [0, 0.1) is 12.8 Å². The van der Waals surface area contributed by atoms with E-state index in [0.29, 0.717) is 24.5 Å². The first-order chi connectivity index (χ1) is 13.0. The molecule has 0 bridgehead atoms. The Hall–Kier alpha value is -2.82. The molecule has 0 fully saturated rings. The highest BCUT2D eigenvalue weighted by molar-refractivity contribution is 5.81. The topological polar surface area (TPSA) is 57.3 Å². The van der Waals surface area contributed by atoms with Crippen LogP contribution in [-0.2, 0) is 12.8 Å². The third kappa shape index (κ3) is 2.37. The number of aryl methyl sites for hydroxylation is 1. The van der Waals surface area contributed by atoms with Crippen molar-refractivity contribution < 1.29 is 9.15 Å². The molecule has 1 aromatic carbocycles. The molecule has 138 valence electrons. The van der Waals surface area contributed by atoms with Gasteiger partial charge in [-0.25, -0.2) is 4.98 Å². The van der Waals surface area contributed by atoms with E-state index in [-0.39, 0.29) is 5.43 Å². The average molecular weight is 362 g/mol. The maximum Gasteiger partial charge on any atom is 0.229 e. The van der Waals surface area contributed by atoms with Crippen LogP contribution in [0.5, 0.6) is 5.75 Å². The molecule has 0 saturated heterocycles. The van der Waals surface area contributed by atoms with Crippen molar-refractivity contribution >= 4 is 0 Å². The van der Waals surface area contributed by atoms with Crippen molar-refractivity contribution in [2.75, 3.05) is 6.61 Å². The van der Waals surface area contributed by atoms with E-state index in [1.165, 1.54) is 11.1 Å². The monoisotopic (exact) mass is 362 g/mol. The van der Waals surface area contributed by atoms with Crippen molar-refractivity contribution in [2.24, 2.45) is 5.92 Å². The zero-order valence-corrected chi connectivity index (χ0v) is 15.8. The second kappa shape index (κ2) is 5.84. The van der Waals surface area contributed by atoms with Crippen LogP contribution in [0.3, 0.4) is 0 Å². The lowest BCUT2D eigenvalue weighted by atomic mass is 9.83. The van der Waals surface area contributed by atoms with E-state index < -0.39 is 0 Å². The van der Waals surface area contributed by atoms with E-state index >= 15 is 0 Å². The minimum Gasteiger partial charge on any atom is -0.492 e. The van der Waals surface area contributed by atoms with Gasteiger partial charge in [0, 0.05) is 41.4 Å². The molecule has 3 aromatic rings. The molecule has 4 heterocycles. The molecule has 0 radical (unpaired) electrons. The molecule has 1 unspecified atom stereocenters. The van der Waals surface area contributed by atoms with Crippen molar-refractivity contribution in [1.29, 1.82) is 0 Å². The summed E-state index contributed by atoms with van der Waals surface area (Å²) in [7, 11) is 0. The maximum atomic E-state index is 12.5. The third-order valence-electron chi connectivity index (χ3n) is 5.80. The van der Waals surface area contributed by atoms with Crippen LogP contribution >= 0.6 is 0 Å². The quantitative estimate of drug-likeness (QED) is 0.687. The number of rotatable bonds is 2. The van der Waals surface area contributed by atoms with Gasteiger partial charge < -0.3 is 13.7 Å². The number of oxazole rings is 1. The van der Waals surface area contributed by atoms with Gasteiger partial charge in [0.15, 0.2) is 5.43 Å². The van der Waals surface area contributed by atoms with Crippen LogP contribution in [0.15, 0.2) is 40.0 Å². The Balaban J connectivity index is 1.83. The number of nitrogens with zero attached hydrogens (tertiary/aromatic N) is 2. The molecule has 0 saturated carbocycles. The zero-order valence-electron chi connectivity index (χ0n) is 15.8. The number of aromatic nitrogens is 2. The van der Waals surface area contributed by atoms with Gasteiger partial charge in [-0.05, 0) is 30.9 Å². The first-order valence-electron chi connectivity index (χ1n) is 9.49. The Morgan fingerprint density at radius 2 is 2.15 bits per heavy atom. The summed E-state index contributed by atoms with van der Waals surface area (Å²) in [6, 6.07) is 4.25. The minimum absolute atomic E-state index is 0.0843. The first-order valence-corrected chi connectivity index (χ1v) is 9.49. The largest absolute Gasteiger partial charge is 0.492 e. The van der Waals surface area contributed by atoms with Gasteiger partial charge in [0.25, 0.3) is 0 Å². The van der Waals surface area contributed by atoms with Crippen LogP contribution in [-0.4, -0.2) is 16.2 Å². The van der Waals surface area contributed by atoms with Gasteiger partial charge in [-0.3, -0.25) is 4.79 Å². The summed E-state index contributed by atoms with van der Waals surface area (Å²) in [5.41, 5.74) is 6.36. The summed E-state index contributed by atoms with van der Waals surface area (Å²) >= 11 is 0. The lowest BCUT2D eigenvalue weighted by molar-refractivity contribution is 0.356. The molecule has 0 aliphatic carbocycles. The number of hydrogen-bond donors (Lipinski definition) is 0. The van der Waals surface area contributed by atoms with Crippen LogP contribution < -0.4 is 10.2 Å². The molecule has 2 aliphatic rings. The summed E-state index contributed by atoms with van der Waals surface area (Å²) in [5, 5.41) is 0. The summed E-state index contributed by atoms with van der Waals surface area (Å²) in [4.78, 5) is 16.8. The predicted molar refractivity (Wildman–Crippen MR) is 103 cm³/mol. The smallest absolute Gasteiger partial charge is 0.229 e. The summed E-state index contributed by atoms with van der Waals surface area (Å²) in [5.74, 6) is 1.89. The molecule has 5 rings (SSSR count). The second-order valence-electron chi connectivity index (χ2n) is 7.83. The molecule has 0 spiro atoms. The Kier molecular flexibility index (Phi) is 3.54. The van der Waals surface area contributed by atoms with Crippen LogP contribution in [0.25, 0.3) is 22.7 Å². The van der Waals surface area contributed by atoms with E-state index in [4.69, 9.17) is 9.15 Å². The normalized spacial score (nSPS) is 17.4. The van der Waals surface area contributed by atoms with Gasteiger partial charge in [0.05, 0.1) is 24.1 Å². The lowest BCUT2D eigenvalue weighted by Crippen LogP contribution is -2.27. The van der Waals surface area contributed by atoms with Gasteiger partial charge in [-0.1, -0.05) is 13.8 Å². The number of ether oxygens (including phenoxy) is 1. The molecule has 2 aromatic heterocycles. The zero-order chi connectivity index (χ0) is 18.7. The Bertz CT molecular complexity index is 1090. The van der Waals surface area contributed by atoms with Crippen molar-refractivity contribution in [1.82, 2.24) is 9.55 Å². The second-order valence-corrected chi connectivity index (χ2v) is 7.83. The Labute approximate surface area is 157 Å². The summed E-state index contributed by atoms with van der Waals surface area (Å²) < 4.78 is 13.8. The Morgan fingerprint density at radius 3 is 2.89 bits per heavy atom. The summed E-state index contributed by atoms with van der Waals surface area (Å²) in [6.07, 6.45) is 7.02. The standard InChI is InChI=1S/C22H22N2O3/c1-12(2)17-9-14-8-16(22-23-5-7-27-22)21-15(4-6-26-21)20(14)18-10-19(25)13(3)11-24(17)18/h5,7-8,10-12,17H,4,6,9H2,1-3H3. The number of hydrogen-bond acceptors (Lipinski definition) is 4. The molecule has 2 aliphatic heterocycles. The highest BCUT2D eigenvalue weighted by atomic mass is 16.5. The molecular weight excluding hydrogens is 340 g/mol. The fraction of sp³-hybridized carbons (Fsp3) is 0.364. The number of fused-ring (bicyclic) bond motifs is 5. The van der Waals surface area contributed by atoms with E-state index in [1.807, 2.05) is 13.1 Å². The number of pyridine rings is 1. The minimum atomic E-state index is 0.0843. The lowest BCUT2D eigenvalue weighted by Gasteiger charge is -2.34. The molecule has 0 amide bonds. The molecule has 27 heavy (non-hydrogen) atoms.